The Hall–Kier alpha value is -0.534. The van der Waals surface area contributed by atoms with Crippen LogP contribution >= 0.6 is 0 Å². The standard InChI is InChI=1S/C10H9N3O2.K/c1-7-2-3-9(8(6-7)10(14)15)13-11-4-5-12-13;/h2-6H,1H3,(H,14,15);/q;+1/p-1. The predicted molar refractivity (Wildman–Crippen MR) is 50.4 cm³/mol. The molecule has 2 rings (SSSR count). The smallest absolute Gasteiger partial charge is 0.545 e. The maximum atomic E-state index is 10.9. The van der Waals surface area contributed by atoms with Gasteiger partial charge in [0, 0.05) is 5.56 Å². The summed E-state index contributed by atoms with van der Waals surface area (Å²) in [6.45, 7) is 1.81. The Morgan fingerprint density at radius 2 is 1.94 bits per heavy atom. The fourth-order valence-corrected chi connectivity index (χ4v) is 1.33. The molecule has 0 saturated heterocycles. The van der Waals surface area contributed by atoms with E-state index in [-0.39, 0.29) is 56.9 Å². The Morgan fingerprint density at radius 3 is 2.50 bits per heavy atom. The Kier molecular flexibility index (Phi) is 4.81. The SMILES string of the molecule is Cc1ccc(-n2nccn2)c(C(=O)[O-])c1.[K+]. The van der Waals surface area contributed by atoms with E-state index < -0.39 is 5.97 Å². The van der Waals surface area contributed by atoms with E-state index in [1.165, 1.54) is 23.3 Å². The fraction of sp³-hybridized carbons (Fsp3) is 0.100. The molecule has 0 bridgehead atoms. The van der Waals surface area contributed by atoms with Crippen LogP contribution in [0.3, 0.4) is 0 Å². The molecule has 1 aromatic heterocycles. The summed E-state index contributed by atoms with van der Waals surface area (Å²) < 4.78 is 0. The number of aromatic nitrogens is 3. The van der Waals surface area contributed by atoms with Crippen LogP contribution < -0.4 is 56.5 Å². The minimum Gasteiger partial charge on any atom is -0.545 e. The molecule has 0 radical (unpaired) electrons. The Balaban J connectivity index is 0.00000128. The van der Waals surface area contributed by atoms with E-state index in [4.69, 9.17) is 0 Å². The zero-order valence-corrected chi connectivity index (χ0v) is 12.2. The summed E-state index contributed by atoms with van der Waals surface area (Å²) in [4.78, 5) is 12.1. The molecule has 0 aliphatic heterocycles. The van der Waals surface area contributed by atoms with Crippen molar-refractivity contribution in [2.75, 3.05) is 0 Å². The number of carboxylic acid groups (broad SMARTS) is 1. The van der Waals surface area contributed by atoms with Gasteiger partial charge in [-0.2, -0.15) is 15.0 Å². The largest absolute Gasteiger partial charge is 1.00 e. The molecule has 5 nitrogen and oxygen atoms in total. The molecule has 0 fully saturated rings. The quantitative estimate of drug-likeness (QED) is 0.524. The van der Waals surface area contributed by atoms with Crippen LogP contribution in [0.1, 0.15) is 15.9 Å². The number of aromatic carboxylic acids is 1. The predicted octanol–water partition coefficient (Wildman–Crippen LogP) is -3.06. The molecule has 6 heteroatoms. The Labute approximate surface area is 135 Å². The second kappa shape index (κ2) is 5.69. The van der Waals surface area contributed by atoms with E-state index in [2.05, 4.69) is 10.2 Å². The van der Waals surface area contributed by atoms with Crippen LogP contribution in [0.2, 0.25) is 0 Å². The number of aryl methyl sites for hydroxylation is 1. The first kappa shape index (κ1) is 13.5. The van der Waals surface area contributed by atoms with Crippen molar-refractivity contribution in [3.05, 3.63) is 41.7 Å². The van der Waals surface area contributed by atoms with Crippen LogP contribution in [0.4, 0.5) is 0 Å². The molecule has 0 amide bonds. The van der Waals surface area contributed by atoms with E-state index in [1.807, 2.05) is 6.92 Å². The average molecular weight is 241 g/mol. The average Bonchev–Trinajstić information content (AvgIpc) is 2.70. The summed E-state index contributed by atoms with van der Waals surface area (Å²) in [7, 11) is 0. The molecule has 76 valence electrons. The van der Waals surface area contributed by atoms with Crippen LogP contribution in [-0.2, 0) is 0 Å². The number of carboxylic acids is 1. The number of nitrogens with zero attached hydrogens (tertiary/aromatic N) is 3. The Morgan fingerprint density at radius 1 is 1.31 bits per heavy atom. The van der Waals surface area contributed by atoms with Gasteiger partial charge in [0.05, 0.1) is 24.1 Å². The molecule has 0 saturated carbocycles. The molecule has 2 aromatic rings. The molecule has 0 unspecified atom stereocenters. The number of rotatable bonds is 2. The van der Waals surface area contributed by atoms with Crippen molar-refractivity contribution >= 4 is 5.97 Å². The van der Waals surface area contributed by atoms with E-state index in [0.29, 0.717) is 5.69 Å². The van der Waals surface area contributed by atoms with Crippen molar-refractivity contribution in [2.45, 2.75) is 6.92 Å². The van der Waals surface area contributed by atoms with E-state index in [9.17, 15) is 9.90 Å². The maximum Gasteiger partial charge on any atom is 1.00 e. The monoisotopic (exact) mass is 241 g/mol. The molecule has 0 aliphatic rings. The maximum absolute atomic E-state index is 10.9. The van der Waals surface area contributed by atoms with Gasteiger partial charge in [-0.1, -0.05) is 11.6 Å². The number of hydrogen-bond donors (Lipinski definition) is 0. The summed E-state index contributed by atoms with van der Waals surface area (Å²) in [5.41, 5.74) is 1.35. The summed E-state index contributed by atoms with van der Waals surface area (Å²) in [5, 5.41) is 18.6. The first-order valence-electron chi connectivity index (χ1n) is 4.37. The molecule has 0 N–H and O–H groups in total. The summed E-state index contributed by atoms with van der Waals surface area (Å²) >= 11 is 0. The van der Waals surface area contributed by atoms with E-state index in [0.717, 1.165) is 5.56 Å². The van der Waals surface area contributed by atoms with Crippen molar-refractivity contribution in [2.24, 2.45) is 0 Å². The van der Waals surface area contributed by atoms with Crippen molar-refractivity contribution in [3.63, 3.8) is 0 Å². The van der Waals surface area contributed by atoms with Gasteiger partial charge in [0.25, 0.3) is 0 Å². The van der Waals surface area contributed by atoms with Crippen LogP contribution in [0.15, 0.2) is 30.6 Å². The molecular formula is C10H8KN3O2. The normalized spacial score (nSPS) is 9.56. The number of hydrogen-bond acceptors (Lipinski definition) is 4. The third kappa shape index (κ3) is 2.77. The molecule has 16 heavy (non-hydrogen) atoms. The van der Waals surface area contributed by atoms with Crippen LogP contribution in [0.5, 0.6) is 0 Å². The van der Waals surface area contributed by atoms with Gasteiger partial charge < -0.3 is 9.90 Å². The minimum atomic E-state index is -1.23. The van der Waals surface area contributed by atoms with Crippen molar-refractivity contribution in [3.8, 4) is 5.69 Å². The first-order valence-corrected chi connectivity index (χ1v) is 4.37. The van der Waals surface area contributed by atoms with E-state index >= 15 is 0 Å². The van der Waals surface area contributed by atoms with Gasteiger partial charge in [-0.3, -0.25) is 0 Å². The summed E-state index contributed by atoms with van der Waals surface area (Å²) in [5.74, 6) is -1.23. The van der Waals surface area contributed by atoms with Gasteiger partial charge in [-0.05, 0) is 19.1 Å². The fourth-order valence-electron chi connectivity index (χ4n) is 1.33. The molecule has 1 aromatic carbocycles. The molecule has 1 heterocycles. The zero-order chi connectivity index (χ0) is 10.8. The molecule has 0 spiro atoms. The van der Waals surface area contributed by atoms with E-state index in [1.54, 1.807) is 12.1 Å². The second-order valence-corrected chi connectivity index (χ2v) is 3.13. The molecule has 0 aliphatic carbocycles. The zero-order valence-electron chi connectivity index (χ0n) is 9.04. The van der Waals surface area contributed by atoms with Gasteiger partial charge in [0.2, 0.25) is 0 Å². The van der Waals surface area contributed by atoms with Gasteiger partial charge in [-0.25, -0.2) is 0 Å². The number of benzene rings is 1. The topological polar surface area (TPSA) is 70.8 Å². The van der Waals surface area contributed by atoms with Crippen LogP contribution in [0.25, 0.3) is 5.69 Å². The summed E-state index contributed by atoms with van der Waals surface area (Å²) in [6.07, 6.45) is 2.97. The van der Waals surface area contributed by atoms with Gasteiger partial charge >= 0.3 is 51.4 Å². The third-order valence-electron chi connectivity index (χ3n) is 2.01. The molecule has 0 atom stereocenters. The van der Waals surface area contributed by atoms with Gasteiger partial charge in [-0.15, -0.1) is 0 Å². The first-order chi connectivity index (χ1) is 7.18. The Bertz CT molecular complexity index is 497. The van der Waals surface area contributed by atoms with Crippen molar-refractivity contribution in [1.29, 1.82) is 0 Å². The minimum absolute atomic E-state index is 0. The number of carbonyl (C=O) groups excluding carboxylic acids is 1. The van der Waals surface area contributed by atoms with Crippen molar-refractivity contribution in [1.82, 2.24) is 15.0 Å². The second-order valence-electron chi connectivity index (χ2n) is 3.13. The summed E-state index contributed by atoms with van der Waals surface area (Å²) in [6, 6.07) is 4.99. The van der Waals surface area contributed by atoms with Gasteiger partial charge in [0.15, 0.2) is 0 Å². The molecular weight excluding hydrogens is 233 g/mol. The van der Waals surface area contributed by atoms with Crippen LogP contribution in [-0.4, -0.2) is 21.0 Å². The van der Waals surface area contributed by atoms with Crippen LogP contribution in [0, 0.1) is 6.92 Å². The number of carbonyl (C=O) groups is 1. The van der Waals surface area contributed by atoms with Crippen molar-refractivity contribution < 1.29 is 61.3 Å². The third-order valence-corrected chi connectivity index (χ3v) is 2.01. The van der Waals surface area contributed by atoms with Gasteiger partial charge in [0.1, 0.15) is 0 Å².